The van der Waals surface area contributed by atoms with Gasteiger partial charge in [-0.05, 0) is 0 Å². The molecule has 6 aromatic heterocycles. The van der Waals surface area contributed by atoms with Gasteiger partial charge in [-0.2, -0.15) is 4.98 Å². The number of aromatic nitrogens is 12. The number of nitrogen functional groups attached to an aromatic ring is 2. The van der Waals surface area contributed by atoms with Gasteiger partial charge in [0.1, 0.15) is 48.5 Å². The van der Waals surface area contributed by atoms with E-state index in [0.29, 0.717) is 0 Å². The molecule has 8 rings (SSSR count). The Morgan fingerprint density at radius 1 is 0.778 bits per heavy atom. The smallest absolute Gasteiger partial charge is 0.313 e. The highest BCUT2D eigenvalue weighted by Gasteiger charge is 2.50. The minimum absolute atomic E-state index is 0.0689. The molecule has 2 fully saturated rings. The number of aromatic amines is 2. The average Bonchev–Trinajstić information content (AvgIpc) is 4.11. The van der Waals surface area contributed by atoms with E-state index in [1.165, 1.54) is 40.5 Å². The van der Waals surface area contributed by atoms with Gasteiger partial charge in [0.25, 0.3) is 48.4 Å². The fraction of sp³-hybridized carbons (Fsp3) is 0.516. The lowest BCUT2D eigenvalue weighted by Crippen LogP contribution is -2.39. The number of hydrogen-bond donors (Lipinski definition) is 7. The number of aliphatic hydroxyl groups excluding tert-OH is 2. The maximum Gasteiger partial charge on any atom is 0.313 e. The van der Waals surface area contributed by atoms with Crippen molar-refractivity contribution in [3.8, 4) is 0 Å². The summed E-state index contributed by atoms with van der Waals surface area (Å²) in [6, 6.07) is 0. The molecule has 2 aliphatic rings. The number of phosphoric ester groups is 3. The summed E-state index contributed by atoms with van der Waals surface area (Å²) < 4.78 is 106. The lowest BCUT2D eigenvalue weighted by Gasteiger charge is -2.35. The first-order valence-corrected chi connectivity index (χ1v) is 26.1. The summed E-state index contributed by atoms with van der Waals surface area (Å²) >= 11 is 0. The van der Waals surface area contributed by atoms with E-state index in [-0.39, 0.29) is 57.9 Å². The van der Waals surface area contributed by atoms with Gasteiger partial charge in [0.2, 0.25) is 11.5 Å². The molecule has 72 heavy (non-hydrogen) atoms. The molecule has 0 amide bonds. The molecule has 0 spiro atoms. The largest absolute Gasteiger partial charge is 0.756 e. The molecule has 6 unspecified atom stereocenters. The van der Waals surface area contributed by atoms with E-state index in [1.54, 1.807) is 0 Å². The Labute approximate surface area is 400 Å². The maximum absolute atomic E-state index is 13.5. The average molecular weight is 1100 g/mol. The number of H-pyrrole nitrogens is 2. The summed E-state index contributed by atoms with van der Waals surface area (Å²) in [5.74, 6) is -0.277. The number of aliphatic hydroxyl groups is 2. The van der Waals surface area contributed by atoms with E-state index < -0.39 is 118 Å². The van der Waals surface area contributed by atoms with Crippen LogP contribution in [0.15, 0.2) is 34.9 Å². The van der Waals surface area contributed by atoms with Gasteiger partial charge in [0.05, 0.1) is 46.1 Å². The molecule has 12 atom stereocenters. The van der Waals surface area contributed by atoms with Gasteiger partial charge in [-0.25, -0.2) is 33.1 Å². The van der Waals surface area contributed by atoms with E-state index in [9.17, 15) is 57.6 Å². The molecule has 37 nitrogen and oxygen atoms in total. The first kappa shape index (κ1) is 53.2. The Hall–Kier alpha value is -5.07. The maximum atomic E-state index is 13.5. The van der Waals surface area contributed by atoms with Gasteiger partial charge in [-0.1, -0.05) is 4.98 Å². The fourth-order valence-corrected chi connectivity index (χ4v) is 11.8. The lowest BCUT2D eigenvalue weighted by molar-refractivity contribution is -0.711. The first-order valence-electron chi connectivity index (χ1n) is 20.3. The zero-order valence-electron chi connectivity index (χ0n) is 36.9. The quantitative estimate of drug-likeness (QED) is 0.0189. The van der Waals surface area contributed by atoms with Crippen molar-refractivity contribution in [1.82, 2.24) is 53.6 Å². The summed E-state index contributed by atoms with van der Waals surface area (Å²) in [4.78, 5) is 105. The number of rotatable bonds is 22. The molecule has 41 heteroatoms. The number of nitrogens with one attached hydrogen (secondary N) is 3. The second kappa shape index (κ2) is 20.7. The van der Waals surface area contributed by atoms with Crippen LogP contribution in [0.4, 0.5) is 17.7 Å². The zero-order valence-corrected chi connectivity index (χ0v) is 40.5. The van der Waals surface area contributed by atoms with Crippen LogP contribution in [0.2, 0.25) is 0 Å². The highest BCUT2D eigenvalue weighted by Crippen LogP contribution is 2.63. The van der Waals surface area contributed by atoms with Crippen molar-refractivity contribution in [3.05, 3.63) is 46.0 Å². The Morgan fingerprint density at radius 3 is 2.11 bits per heavy atom. The third-order valence-electron chi connectivity index (χ3n) is 10.5. The number of methoxy groups -OCH3 is 1. The predicted octanol–water partition coefficient (Wildman–Crippen LogP) is -5.42. The van der Waals surface area contributed by atoms with Crippen molar-refractivity contribution in [2.45, 2.75) is 55.8 Å². The number of nitrogens with zero attached hydrogens (tertiary/aromatic N) is 10. The van der Waals surface area contributed by atoms with E-state index >= 15 is 0 Å². The third kappa shape index (κ3) is 11.3. The topological polar surface area (TPSA) is 519 Å². The van der Waals surface area contributed by atoms with Gasteiger partial charge in [-0.3, -0.25) is 51.5 Å². The number of imidazole rings is 3. The van der Waals surface area contributed by atoms with Crippen LogP contribution in [0, 0.1) is 0 Å². The van der Waals surface area contributed by atoms with Crippen molar-refractivity contribution in [2.75, 3.05) is 57.4 Å². The first-order chi connectivity index (χ1) is 33.9. The van der Waals surface area contributed by atoms with Crippen LogP contribution in [-0.4, -0.2) is 141 Å². The molecule has 2 saturated heterocycles. The Kier molecular flexibility index (Phi) is 15.3. The summed E-state index contributed by atoms with van der Waals surface area (Å²) in [5, 5.41) is 24.4. The van der Waals surface area contributed by atoms with Gasteiger partial charge >= 0.3 is 5.65 Å². The van der Waals surface area contributed by atoms with E-state index in [1.807, 2.05) is 0 Å². The van der Waals surface area contributed by atoms with Crippen LogP contribution >= 0.6 is 31.3 Å². The van der Waals surface area contributed by atoms with Gasteiger partial charge < -0.3 is 83.6 Å². The fourth-order valence-electron chi connectivity index (χ4n) is 7.48. The van der Waals surface area contributed by atoms with E-state index in [2.05, 4.69) is 58.3 Å². The number of phosphoric acid groups is 4. The third-order valence-corrected chi connectivity index (χ3v) is 15.6. The standard InChI is InChI=1S/C31H43N15O22P4/c1-34-22-15-23(36-8-35-22)45(9-37-15)29-21(59-3)20(66-69(51,52)62-6-13-18(47)19(48)28(64-13)46-10-38-16-24(46)39-30(32)41-26(16)49)14(65-29)7-63-71(55,56)68-72(57,58)67-70(53,54)61-5-4-60-12-44-11-43(2)17-25(44)40-31(33)42-27(17)50/h8-11,13-14,18-21,28-29,47-48H,4-7,12H2,1-3H3,(H10-,32,33,34,35,36,39,40,41,42,49,50,51,52,53,54,55,56,57,58)/p-3/t13-,14-,18+,19?,20+,21?,28-,29-/m1/s1. The molecule has 0 radical (unpaired) electrons. The van der Waals surface area contributed by atoms with Crippen molar-refractivity contribution >= 4 is 82.5 Å². The monoisotopic (exact) mass is 1100 g/mol. The SMILES string of the molecule is CNc1ncnc2c1ncn2[C@@H]1O[C@H](COP(=O)([O-])OP(=O)([O-])OP(=O)([O-])OCCOC[n+]2cn(C)c3c(=O)[nH]c(N)nc32)[C@H](OP(=O)([O-])OC[C@H]2O[C@@H](n3cnc4c(=O)[nH]c(N)nc43)C(O)[C@H]2O)C1OC. The highest BCUT2D eigenvalue weighted by atomic mass is 31.3. The van der Waals surface area contributed by atoms with Crippen molar-refractivity contribution in [1.29, 1.82) is 0 Å². The lowest BCUT2D eigenvalue weighted by atomic mass is 10.1. The second-order valence-electron chi connectivity index (χ2n) is 15.2. The van der Waals surface area contributed by atoms with Crippen LogP contribution in [0.3, 0.4) is 0 Å². The molecule has 0 bridgehead atoms. The Balaban J connectivity index is 0.920. The van der Waals surface area contributed by atoms with Crippen LogP contribution in [0.25, 0.3) is 33.5 Å². The summed E-state index contributed by atoms with van der Waals surface area (Å²) in [5.41, 5.74) is 10.1. The van der Waals surface area contributed by atoms with Gasteiger partial charge in [0, 0.05) is 14.2 Å². The number of ether oxygens (including phenoxy) is 4. The van der Waals surface area contributed by atoms with Crippen molar-refractivity contribution in [3.63, 3.8) is 0 Å². The minimum atomic E-state index is -6.43. The Bertz CT molecular complexity index is 3300. The normalized spacial score (nSPS) is 26.0. The molecule has 9 N–H and O–H groups in total. The molecular weight excluding hydrogens is 1060 g/mol. The molecule has 0 saturated carbocycles. The highest BCUT2D eigenvalue weighted by molar-refractivity contribution is 7.65. The number of anilines is 3. The number of aryl methyl sites for hydroxylation is 1. The minimum Gasteiger partial charge on any atom is -0.756 e. The molecule has 2 aliphatic heterocycles. The summed E-state index contributed by atoms with van der Waals surface area (Å²) in [7, 11) is -20.1. The van der Waals surface area contributed by atoms with E-state index in [0.717, 1.165) is 24.3 Å². The number of fused-ring (bicyclic) bond motifs is 3. The molecular formula is C31H40N15O22P4-3. The summed E-state index contributed by atoms with van der Waals surface area (Å²) in [6.45, 7) is -4.12. The number of hydrogen-bond acceptors (Lipinski definition) is 31. The predicted molar refractivity (Wildman–Crippen MR) is 225 cm³/mol. The Morgan fingerprint density at radius 2 is 1.40 bits per heavy atom. The molecule has 0 aromatic carbocycles. The molecule has 0 aliphatic carbocycles. The number of nitrogens with two attached hydrogens (primary N) is 2. The molecule has 6 aromatic rings. The molecule has 394 valence electrons. The van der Waals surface area contributed by atoms with Gasteiger partial charge in [0.15, 0.2) is 48.1 Å². The molecule has 8 heterocycles. The zero-order chi connectivity index (χ0) is 52.1. The van der Waals surface area contributed by atoms with Crippen LogP contribution in [0.1, 0.15) is 12.5 Å². The van der Waals surface area contributed by atoms with Crippen LogP contribution in [0.5, 0.6) is 0 Å². The van der Waals surface area contributed by atoms with Gasteiger partial charge in [-0.15, -0.1) is 0 Å². The van der Waals surface area contributed by atoms with Crippen LogP contribution < -0.4 is 52.0 Å². The van der Waals surface area contributed by atoms with Crippen molar-refractivity contribution < 1.29 is 98.3 Å². The summed E-state index contributed by atoms with van der Waals surface area (Å²) in [6.07, 6.45) is -8.86. The van der Waals surface area contributed by atoms with Crippen LogP contribution in [-0.2, 0) is 77.7 Å². The van der Waals surface area contributed by atoms with E-state index in [4.69, 9.17) is 44.0 Å². The second-order valence-corrected chi connectivity index (χ2v) is 21.1. The van der Waals surface area contributed by atoms with Crippen molar-refractivity contribution in [2.24, 2.45) is 7.05 Å².